The van der Waals surface area contributed by atoms with Gasteiger partial charge in [0.1, 0.15) is 0 Å². The molecule has 0 saturated carbocycles. The third kappa shape index (κ3) is 2.94. The molecule has 1 unspecified atom stereocenters. The third-order valence-corrected chi connectivity index (χ3v) is 38.4. The van der Waals surface area contributed by atoms with Crippen LogP contribution in [0.3, 0.4) is 0 Å². The van der Waals surface area contributed by atoms with Gasteiger partial charge in [0.25, 0.3) is 0 Å². The molecule has 0 radical (unpaired) electrons. The second-order valence-electron chi connectivity index (χ2n) is 6.06. The van der Waals surface area contributed by atoms with Gasteiger partial charge in [0.2, 0.25) is 0 Å². The molecule has 1 nitrogen and oxygen atoms in total. The summed E-state index contributed by atoms with van der Waals surface area (Å²) in [5.74, 6) is 0. The standard InChI is InChI=1S/C10H28OSi4/c1-12(2)10-8-7-9-15(11-10,13(3)4)14(5)6/h10,12-14H,7-9H2,1-6H3. The van der Waals surface area contributed by atoms with Gasteiger partial charge in [0.05, 0.1) is 25.4 Å². The molecule has 1 aliphatic heterocycles. The van der Waals surface area contributed by atoms with Crippen LogP contribution in [0.5, 0.6) is 0 Å². The molecule has 0 bridgehead atoms. The Balaban J connectivity index is 2.80. The second kappa shape index (κ2) is 5.44. The third-order valence-electron chi connectivity index (χ3n) is 4.13. The topological polar surface area (TPSA) is 9.23 Å². The fourth-order valence-electron chi connectivity index (χ4n) is 2.96. The lowest BCUT2D eigenvalue weighted by Gasteiger charge is -2.46. The summed E-state index contributed by atoms with van der Waals surface area (Å²) in [7, 11) is -2.76. The van der Waals surface area contributed by atoms with Crippen LogP contribution in [0.1, 0.15) is 12.8 Å². The Bertz CT molecular complexity index is 198. The quantitative estimate of drug-likeness (QED) is 0.719. The van der Waals surface area contributed by atoms with Crippen molar-refractivity contribution < 1.29 is 4.43 Å². The summed E-state index contributed by atoms with van der Waals surface area (Å²) < 4.78 is 6.78. The largest absolute Gasteiger partial charge is 0.424 e. The molecular weight excluding hydrogens is 248 g/mol. The normalized spacial score (nSPS) is 26.6. The Morgan fingerprint density at radius 2 is 1.53 bits per heavy atom. The van der Waals surface area contributed by atoms with Gasteiger partial charge in [-0.25, -0.2) is 0 Å². The Kier molecular flexibility index (Phi) is 5.04. The maximum absolute atomic E-state index is 6.78. The van der Waals surface area contributed by atoms with Crippen LogP contribution in [-0.4, -0.2) is 38.5 Å². The van der Waals surface area contributed by atoms with Crippen molar-refractivity contribution in [2.45, 2.75) is 63.9 Å². The fourth-order valence-corrected chi connectivity index (χ4v) is 34.6. The lowest BCUT2D eigenvalue weighted by atomic mass is 10.3. The van der Waals surface area contributed by atoms with Gasteiger partial charge in [-0.1, -0.05) is 45.7 Å². The number of rotatable bonds is 3. The van der Waals surface area contributed by atoms with E-state index in [1.165, 1.54) is 18.9 Å². The minimum atomic E-state index is -1.15. The zero-order valence-electron chi connectivity index (χ0n) is 11.3. The van der Waals surface area contributed by atoms with Gasteiger partial charge in [0, 0.05) is 5.73 Å². The minimum absolute atomic E-state index is 0.525. The maximum Gasteiger partial charge on any atom is 0.161 e. The van der Waals surface area contributed by atoms with E-state index in [0.717, 1.165) is 5.73 Å². The van der Waals surface area contributed by atoms with E-state index in [1.54, 1.807) is 0 Å². The van der Waals surface area contributed by atoms with Crippen molar-refractivity contribution in [3.63, 3.8) is 0 Å². The predicted octanol–water partition coefficient (Wildman–Crippen LogP) is 2.27. The molecule has 1 rings (SSSR count). The first-order valence-electron chi connectivity index (χ1n) is 6.58. The van der Waals surface area contributed by atoms with Crippen LogP contribution >= 0.6 is 0 Å². The van der Waals surface area contributed by atoms with Gasteiger partial charge in [-0.15, -0.1) is 0 Å². The summed E-state index contributed by atoms with van der Waals surface area (Å²) in [6.07, 6.45) is 2.89. The van der Waals surface area contributed by atoms with Gasteiger partial charge < -0.3 is 4.43 Å². The maximum atomic E-state index is 6.78. The lowest BCUT2D eigenvalue weighted by molar-refractivity contribution is 0.242. The van der Waals surface area contributed by atoms with E-state index in [4.69, 9.17) is 4.43 Å². The van der Waals surface area contributed by atoms with Crippen molar-refractivity contribution in [1.29, 1.82) is 0 Å². The molecule has 1 atom stereocenters. The van der Waals surface area contributed by atoms with Crippen LogP contribution in [0.2, 0.25) is 45.3 Å². The molecule has 0 spiro atoms. The van der Waals surface area contributed by atoms with Gasteiger partial charge in [-0.3, -0.25) is 0 Å². The number of hydrogen-bond acceptors (Lipinski definition) is 1. The molecule has 5 heteroatoms. The summed E-state index contributed by atoms with van der Waals surface area (Å²) in [6.45, 7) is 15.2. The SMILES string of the molecule is C[SiH](C)C1CCC[Si]([SiH](C)C)([SiH](C)C)O1. The van der Waals surface area contributed by atoms with E-state index in [-0.39, 0.29) is 0 Å². The molecule has 1 heterocycles. The van der Waals surface area contributed by atoms with Crippen LogP contribution in [-0.2, 0) is 4.43 Å². The summed E-state index contributed by atoms with van der Waals surface area (Å²) in [6, 6.07) is 1.53. The van der Waals surface area contributed by atoms with Crippen LogP contribution in [0.15, 0.2) is 0 Å². The molecule has 1 saturated heterocycles. The predicted molar refractivity (Wildman–Crippen MR) is 81.3 cm³/mol. The zero-order chi connectivity index (χ0) is 11.6. The molecule has 0 aromatic carbocycles. The Labute approximate surface area is 101 Å². The lowest BCUT2D eigenvalue weighted by Crippen LogP contribution is -2.65. The molecule has 0 aliphatic carbocycles. The first kappa shape index (κ1) is 13.9. The first-order chi connectivity index (χ1) is 6.90. The Morgan fingerprint density at radius 1 is 1.00 bits per heavy atom. The molecule has 0 N–H and O–H groups in total. The van der Waals surface area contributed by atoms with Gasteiger partial charge in [0.15, 0.2) is 7.35 Å². The smallest absolute Gasteiger partial charge is 0.161 e. The summed E-state index contributed by atoms with van der Waals surface area (Å²) >= 11 is 0. The van der Waals surface area contributed by atoms with Crippen LogP contribution < -0.4 is 0 Å². The van der Waals surface area contributed by atoms with Crippen molar-refractivity contribution in [2.24, 2.45) is 0 Å². The Hall–Kier alpha value is 0.828. The van der Waals surface area contributed by atoms with Crippen LogP contribution in [0.25, 0.3) is 0 Å². The highest BCUT2D eigenvalue weighted by molar-refractivity contribution is 7.56. The molecule has 90 valence electrons. The second-order valence-corrected chi connectivity index (χ2v) is 31.3. The van der Waals surface area contributed by atoms with Crippen molar-refractivity contribution >= 4 is 32.8 Å². The Morgan fingerprint density at radius 3 is 1.93 bits per heavy atom. The van der Waals surface area contributed by atoms with Crippen molar-refractivity contribution in [3.8, 4) is 0 Å². The van der Waals surface area contributed by atoms with Gasteiger partial charge in [-0.05, 0) is 12.5 Å². The van der Waals surface area contributed by atoms with Crippen molar-refractivity contribution in [2.75, 3.05) is 0 Å². The van der Waals surface area contributed by atoms with E-state index in [1.807, 2.05) is 0 Å². The number of hydrogen-bond donors (Lipinski definition) is 0. The average molecular weight is 277 g/mol. The monoisotopic (exact) mass is 276 g/mol. The molecular formula is C10H28OSi4. The highest BCUT2D eigenvalue weighted by Gasteiger charge is 2.46. The first-order valence-corrected chi connectivity index (χ1v) is 19.9. The van der Waals surface area contributed by atoms with Crippen molar-refractivity contribution in [1.82, 2.24) is 0 Å². The average Bonchev–Trinajstić information content (AvgIpc) is 2.17. The molecule has 0 aromatic rings. The van der Waals surface area contributed by atoms with Crippen LogP contribution in [0, 0.1) is 0 Å². The van der Waals surface area contributed by atoms with Crippen LogP contribution in [0.4, 0.5) is 0 Å². The summed E-state index contributed by atoms with van der Waals surface area (Å²) in [4.78, 5) is 0. The van der Waals surface area contributed by atoms with E-state index < -0.39 is 32.8 Å². The molecule has 0 amide bonds. The molecule has 1 fully saturated rings. The van der Waals surface area contributed by atoms with E-state index in [9.17, 15) is 0 Å². The summed E-state index contributed by atoms with van der Waals surface area (Å²) in [5, 5.41) is 0. The van der Waals surface area contributed by atoms with Gasteiger partial charge in [-0.2, -0.15) is 0 Å². The fraction of sp³-hybridized carbons (Fsp3) is 1.00. The minimum Gasteiger partial charge on any atom is -0.424 e. The van der Waals surface area contributed by atoms with E-state index in [0.29, 0.717) is 0 Å². The highest BCUT2D eigenvalue weighted by Crippen LogP contribution is 2.31. The zero-order valence-corrected chi connectivity index (χ0v) is 15.8. The van der Waals surface area contributed by atoms with Crippen molar-refractivity contribution in [3.05, 3.63) is 0 Å². The highest BCUT2D eigenvalue weighted by atomic mass is 29.6. The van der Waals surface area contributed by atoms with Gasteiger partial charge >= 0.3 is 0 Å². The van der Waals surface area contributed by atoms with E-state index in [2.05, 4.69) is 39.3 Å². The molecule has 1 aliphatic rings. The molecule has 15 heavy (non-hydrogen) atoms. The summed E-state index contributed by atoms with van der Waals surface area (Å²) in [5.41, 5.74) is 0.746. The van der Waals surface area contributed by atoms with E-state index >= 15 is 0 Å². The molecule has 0 aromatic heterocycles.